The Bertz CT molecular complexity index is 1090. The Morgan fingerprint density at radius 3 is 2.37 bits per heavy atom. The van der Waals surface area contributed by atoms with E-state index in [0.29, 0.717) is 18.4 Å². The Morgan fingerprint density at radius 1 is 0.800 bits per heavy atom. The summed E-state index contributed by atoms with van der Waals surface area (Å²) < 4.78 is 11.2. The number of hydrogen-bond acceptors (Lipinski definition) is 6. The van der Waals surface area contributed by atoms with Crippen LogP contribution in [0.3, 0.4) is 0 Å². The van der Waals surface area contributed by atoms with Gasteiger partial charge in [-0.25, -0.2) is 4.98 Å². The minimum absolute atomic E-state index is 0.493. The Labute approximate surface area is 175 Å². The maximum Gasteiger partial charge on any atom is 0.229 e. The second-order valence-corrected chi connectivity index (χ2v) is 6.51. The second-order valence-electron chi connectivity index (χ2n) is 6.51. The molecule has 3 aromatic carbocycles. The fourth-order valence-electron chi connectivity index (χ4n) is 2.88. The molecule has 6 heteroatoms. The first-order chi connectivity index (χ1) is 14.8. The molecule has 0 aliphatic rings. The SMILES string of the molecule is COc1ccccc1Nc1ccnc(Nc2ccc(OCc3ccccc3)cc2)n1. The molecule has 0 aliphatic carbocycles. The van der Waals surface area contributed by atoms with E-state index in [9.17, 15) is 0 Å². The van der Waals surface area contributed by atoms with Crippen molar-refractivity contribution in [2.45, 2.75) is 6.61 Å². The van der Waals surface area contributed by atoms with Crippen molar-refractivity contribution >= 4 is 23.1 Å². The number of nitrogens with zero attached hydrogens (tertiary/aromatic N) is 2. The van der Waals surface area contributed by atoms with Crippen LogP contribution in [0.15, 0.2) is 91.1 Å². The molecule has 150 valence electrons. The number of methoxy groups -OCH3 is 1. The lowest BCUT2D eigenvalue weighted by Crippen LogP contribution is -2.01. The first kappa shape index (κ1) is 19.3. The molecule has 0 aliphatic heterocycles. The summed E-state index contributed by atoms with van der Waals surface area (Å²) in [5.41, 5.74) is 2.84. The van der Waals surface area contributed by atoms with E-state index in [-0.39, 0.29) is 0 Å². The molecular formula is C24H22N4O2. The molecule has 6 nitrogen and oxygen atoms in total. The van der Waals surface area contributed by atoms with Crippen LogP contribution in [0.1, 0.15) is 5.56 Å². The van der Waals surface area contributed by atoms with Gasteiger partial charge in [-0.2, -0.15) is 4.98 Å². The summed E-state index contributed by atoms with van der Waals surface area (Å²) in [4.78, 5) is 8.81. The lowest BCUT2D eigenvalue weighted by atomic mass is 10.2. The fraction of sp³-hybridized carbons (Fsp3) is 0.0833. The zero-order chi connectivity index (χ0) is 20.6. The molecule has 0 unspecified atom stereocenters. The molecule has 30 heavy (non-hydrogen) atoms. The summed E-state index contributed by atoms with van der Waals surface area (Å²) in [5, 5.41) is 6.47. The second kappa shape index (κ2) is 9.43. The topological polar surface area (TPSA) is 68.3 Å². The molecule has 0 saturated carbocycles. The van der Waals surface area contributed by atoms with Crippen molar-refractivity contribution in [2.75, 3.05) is 17.7 Å². The monoisotopic (exact) mass is 398 g/mol. The predicted molar refractivity (Wildman–Crippen MR) is 119 cm³/mol. The zero-order valence-corrected chi connectivity index (χ0v) is 16.6. The molecular weight excluding hydrogens is 376 g/mol. The summed E-state index contributed by atoms with van der Waals surface area (Å²) in [6.07, 6.45) is 1.70. The predicted octanol–water partition coefficient (Wildman–Crippen LogP) is 5.55. The number of nitrogens with one attached hydrogen (secondary N) is 2. The van der Waals surface area contributed by atoms with Crippen molar-refractivity contribution in [3.63, 3.8) is 0 Å². The van der Waals surface area contributed by atoms with Crippen molar-refractivity contribution in [2.24, 2.45) is 0 Å². The van der Waals surface area contributed by atoms with E-state index < -0.39 is 0 Å². The number of anilines is 4. The molecule has 1 heterocycles. The summed E-state index contributed by atoms with van der Waals surface area (Å²) in [6.45, 7) is 0.535. The van der Waals surface area contributed by atoms with Gasteiger partial charge in [0.05, 0.1) is 12.8 Å². The van der Waals surface area contributed by atoms with Crippen LogP contribution in [0.4, 0.5) is 23.1 Å². The third kappa shape index (κ3) is 5.05. The van der Waals surface area contributed by atoms with Gasteiger partial charge in [-0.1, -0.05) is 42.5 Å². The summed E-state index contributed by atoms with van der Waals surface area (Å²) in [5.74, 6) is 2.71. The third-order valence-electron chi connectivity index (χ3n) is 4.38. The molecule has 0 saturated heterocycles. The van der Waals surface area contributed by atoms with Gasteiger partial charge in [-0.3, -0.25) is 0 Å². The highest BCUT2D eigenvalue weighted by Gasteiger charge is 2.05. The molecule has 4 rings (SSSR count). The lowest BCUT2D eigenvalue weighted by molar-refractivity contribution is 0.306. The largest absolute Gasteiger partial charge is 0.495 e. The van der Waals surface area contributed by atoms with E-state index in [2.05, 4.69) is 20.6 Å². The van der Waals surface area contributed by atoms with Crippen LogP contribution in [-0.2, 0) is 6.61 Å². The first-order valence-corrected chi connectivity index (χ1v) is 9.57. The van der Waals surface area contributed by atoms with Crippen LogP contribution in [-0.4, -0.2) is 17.1 Å². The molecule has 0 amide bonds. The first-order valence-electron chi connectivity index (χ1n) is 9.57. The van der Waals surface area contributed by atoms with Gasteiger partial charge < -0.3 is 20.1 Å². The molecule has 2 N–H and O–H groups in total. The van der Waals surface area contributed by atoms with Gasteiger partial charge >= 0.3 is 0 Å². The van der Waals surface area contributed by atoms with Crippen molar-refractivity contribution < 1.29 is 9.47 Å². The Kier molecular flexibility index (Phi) is 6.05. The number of rotatable bonds is 8. The Morgan fingerprint density at radius 2 is 1.57 bits per heavy atom. The average molecular weight is 398 g/mol. The van der Waals surface area contributed by atoms with Crippen LogP contribution in [0, 0.1) is 0 Å². The Balaban J connectivity index is 1.39. The molecule has 0 fully saturated rings. The van der Waals surface area contributed by atoms with Gasteiger partial charge in [0.1, 0.15) is 23.9 Å². The standard InChI is InChI=1S/C24H22N4O2/c1-29-22-10-6-5-9-21(22)27-23-15-16-25-24(28-23)26-19-11-13-20(14-12-19)30-17-18-7-3-2-4-8-18/h2-16H,17H2,1H3,(H2,25,26,27,28). The van der Waals surface area contributed by atoms with E-state index in [1.54, 1.807) is 19.4 Å². The van der Waals surface area contributed by atoms with Gasteiger partial charge in [0.25, 0.3) is 0 Å². The van der Waals surface area contributed by atoms with Crippen LogP contribution in [0.5, 0.6) is 11.5 Å². The summed E-state index contributed by atoms with van der Waals surface area (Å²) in [6, 6.07) is 27.3. The number of hydrogen-bond donors (Lipinski definition) is 2. The average Bonchev–Trinajstić information content (AvgIpc) is 2.80. The third-order valence-corrected chi connectivity index (χ3v) is 4.38. The van der Waals surface area contributed by atoms with Crippen LogP contribution in [0.25, 0.3) is 0 Å². The molecule has 0 radical (unpaired) electrons. The fourth-order valence-corrected chi connectivity index (χ4v) is 2.88. The van der Waals surface area contributed by atoms with E-state index in [1.807, 2.05) is 78.9 Å². The minimum Gasteiger partial charge on any atom is -0.495 e. The van der Waals surface area contributed by atoms with Gasteiger partial charge in [-0.05, 0) is 48.0 Å². The molecule has 4 aromatic rings. The Hall–Kier alpha value is -4.06. The highest BCUT2D eigenvalue weighted by Crippen LogP contribution is 2.26. The van der Waals surface area contributed by atoms with E-state index in [0.717, 1.165) is 28.4 Å². The summed E-state index contributed by atoms with van der Waals surface area (Å²) in [7, 11) is 1.64. The highest BCUT2D eigenvalue weighted by atomic mass is 16.5. The smallest absolute Gasteiger partial charge is 0.229 e. The molecule has 0 atom stereocenters. The van der Waals surface area contributed by atoms with Crippen molar-refractivity contribution in [1.82, 2.24) is 9.97 Å². The van der Waals surface area contributed by atoms with Gasteiger partial charge in [0, 0.05) is 11.9 Å². The van der Waals surface area contributed by atoms with E-state index in [1.165, 1.54) is 0 Å². The molecule has 1 aromatic heterocycles. The number of benzene rings is 3. The lowest BCUT2D eigenvalue weighted by Gasteiger charge is -2.11. The zero-order valence-electron chi connectivity index (χ0n) is 16.6. The molecule has 0 spiro atoms. The number of ether oxygens (including phenoxy) is 2. The minimum atomic E-state index is 0.493. The van der Waals surface area contributed by atoms with Crippen LogP contribution < -0.4 is 20.1 Å². The van der Waals surface area contributed by atoms with Crippen molar-refractivity contribution in [1.29, 1.82) is 0 Å². The number of para-hydroxylation sites is 2. The maximum absolute atomic E-state index is 5.82. The highest BCUT2D eigenvalue weighted by molar-refractivity contribution is 5.65. The van der Waals surface area contributed by atoms with E-state index in [4.69, 9.17) is 9.47 Å². The van der Waals surface area contributed by atoms with Crippen LogP contribution >= 0.6 is 0 Å². The van der Waals surface area contributed by atoms with Gasteiger partial charge in [0.2, 0.25) is 5.95 Å². The summed E-state index contributed by atoms with van der Waals surface area (Å²) >= 11 is 0. The van der Waals surface area contributed by atoms with Gasteiger partial charge in [-0.15, -0.1) is 0 Å². The maximum atomic E-state index is 5.82. The van der Waals surface area contributed by atoms with Crippen molar-refractivity contribution in [3.05, 3.63) is 96.7 Å². The number of aromatic nitrogens is 2. The van der Waals surface area contributed by atoms with E-state index >= 15 is 0 Å². The van der Waals surface area contributed by atoms with Gasteiger partial charge in [0.15, 0.2) is 0 Å². The molecule has 0 bridgehead atoms. The normalized spacial score (nSPS) is 10.3. The quantitative estimate of drug-likeness (QED) is 0.405. The van der Waals surface area contributed by atoms with Crippen molar-refractivity contribution in [3.8, 4) is 11.5 Å². The van der Waals surface area contributed by atoms with Crippen LogP contribution in [0.2, 0.25) is 0 Å².